The molecule has 1 aliphatic carbocycles. The Kier molecular flexibility index (Phi) is 3.38. The van der Waals surface area contributed by atoms with Crippen molar-refractivity contribution in [3.05, 3.63) is 34.4 Å². The van der Waals surface area contributed by atoms with Crippen LogP contribution in [0.5, 0.6) is 0 Å². The van der Waals surface area contributed by atoms with Gasteiger partial charge in [-0.1, -0.05) is 12.8 Å². The number of hydrogen-bond donors (Lipinski definition) is 1. The van der Waals surface area contributed by atoms with Crippen molar-refractivity contribution < 1.29 is 14.3 Å². The minimum atomic E-state index is -0.585. The summed E-state index contributed by atoms with van der Waals surface area (Å²) in [6.45, 7) is 1.15. The van der Waals surface area contributed by atoms with Gasteiger partial charge in [0.15, 0.2) is 0 Å². The van der Waals surface area contributed by atoms with Crippen LogP contribution in [0.3, 0.4) is 0 Å². The first-order chi connectivity index (χ1) is 9.58. The van der Waals surface area contributed by atoms with E-state index in [1.807, 2.05) is 0 Å². The molecule has 2 heterocycles. The van der Waals surface area contributed by atoms with E-state index < -0.39 is 11.2 Å². The molecule has 5 nitrogen and oxygen atoms in total. The maximum atomic E-state index is 12.4. The van der Waals surface area contributed by atoms with Crippen LogP contribution in [0.25, 0.3) is 0 Å². The van der Waals surface area contributed by atoms with E-state index in [4.69, 9.17) is 4.42 Å². The number of aliphatic hydroxyl groups is 1. The van der Waals surface area contributed by atoms with Gasteiger partial charge in [-0.05, 0) is 25.3 Å². The highest BCUT2D eigenvalue weighted by Crippen LogP contribution is 2.39. The van der Waals surface area contributed by atoms with Gasteiger partial charge < -0.3 is 14.4 Å². The van der Waals surface area contributed by atoms with Crippen molar-refractivity contribution >= 4 is 5.91 Å². The Morgan fingerprint density at radius 2 is 2.20 bits per heavy atom. The number of piperidine rings is 1. The smallest absolute Gasteiger partial charge is 0.335 e. The summed E-state index contributed by atoms with van der Waals surface area (Å²) in [4.78, 5) is 25.1. The Morgan fingerprint density at radius 1 is 1.35 bits per heavy atom. The minimum absolute atomic E-state index is 0.124. The predicted molar refractivity (Wildman–Crippen MR) is 72.4 cm³/mol. The zero-order valence-electron chi connectivity index (χ0n) is 11.4. The summed E-state index contributed by atoms with van der Waals surface area (Å²) < 4.78 is 4.74. The molecule has 0 spiro atoms. The third-order valence-electron chi connectivity index (χ3n) is 4.66. The minimum Gasteiger partial charge on any atom is -0.430 e. The Hall–Kier alpha value is -1.62. The molecule has 3 rings (SSSR count). The zero-order valence-corrected chi connectivity index (χ0v) is 11.4. The van der Waals surface area contributed by atoms with E-state index in [1.165, 1.54) is 18.4 Å². The Bertz CT molecular complexity index is 547. The summed E-state index contributed by atoms with van der Waals surface area (Å²) in [5.41, 5.74) is -0.647. The van der Waals surface area contributed by atoms with Crippen molar-refractivity contribution in [3.8, 4) is 0 Å². The molecule has 1 N–H and O–H groups in total. The van der Waals surface area contributed by atoms with Gasteiger partial charge in [0.25, 0.3) is 5.91 Å². The molecule has 20 heavy (non-hydrogen) atoms. The maximum absolute atomic E-state index is 12.4. The molecule has 0 bridgehead atoms. The van der Waals surface area contributed by atoms with E-state index in [0.717, 1.165) is 25.7 Å². The van der Waals surface area contributed by atoms with Crippen LogP contribution in [0, 0.1) is 5.92 Å². The molecule has 2 unspecified atom stereocenters. The van der Waals surface area contributed by atoms with Crippen molar-refractivity contribution in [3.63, 3.8) is 0 Å². The molecule has 5 heteroatoms. The monoisotopic (exact) mass is 277 g/mol. The zero-order chi connectivity index (χ0) is 14.2. The molecular weight excluding hydrogens is 258 g/mol. The summed E-state index contributed by atoms with van der Waals surface area (Å²) in [6, 6.07) is 2.75. The molecule has 108 valence electrons. The van der Waals surface area contributed by atoms with Crippen LogP contribution in [0.4, 0.5) is 0 Å². The van der Waals surface area contributed by atoms with Crippen molar-refractivity contribution in [2.75, 3.05) is 13.1 Å². The molecule has 2 fully saturated rings. The van der Waals surface area contributed by atoms with E-state index in [1.54, 1.807) is 4.90 Å². The first kappa shape index (κ1) is 13.4. The van der Waals surface area contributed by atoms with E-state index in [0.29, 0.717) is 25.1 Å². The lowest BCUT2D eigenvalue weighted by molar-refractivity contribution is -0.0886. The van der Waals surface area contributed by atoms with Crippen LogP contribution in [0.2, 0.25) is 0 Å². The lowest BCUT2D eigenvalue weighted by Gasteiger charge is -2.47. The average Bonchev–Trinajstić information content (AvgIpc) is 2.46. The Balaban J connectivity index is 1.74. The van der Waals surface area contributed by atoms with Crippen molar-refractivity contribution in [2.24, 2.45) is 5.92 Å². The lowest BCUT2D eigenvalue weighted by atomic mass is 9.71. The van der Waals surface area contributed by atoms with Crippen LogP contribution in [-0.4, -0.2) is 34.6 Å². The van der Waals surface area contributed by atoms with Crippen LogP contribution < -0.4 is 5.63 Å². The molecule has 0 aromatic carbocycles. The van der Waals surface area contributed by atoms with Crippen LogP contribution >= 0.6 is 0 Å². The van der Waals surface area contributed by atoms with Crippen LogP contribution in [0.1, 0.15) is 42.5 Å². The fraction of sp³-hybridized carbons (Fsp3) is 0.600. The SMILES string of the molecule is O=C(c1ccc(=O)oc1)N1CCC2(O)CCCCC2C1. The second-order valence-corrected chi connectivity index (χ2v) is 5.89. The number of carbonyl (C=O) groups is 1. The Labute approximate surface area is 117 Å². The number of carbonyl (C=O) groups excluding carboxylic acids is 1. The second kappa shape index (κ2) is 5.05. The number of nitrogens with zero attached hydrogens (tertiary/aromatic N) is 1. The van der Waals surface area contributed by atoms with Gasteiger partial charge >= 0.3 is 5.63 Å². The Morgan fingerprint density at radius 3 is 2.95 bits per heavy atom. The molecule has 1 aromatic rings. The highest BCUT2D eigenvalue weighted by atomic mass is 16.4. The van der Waals surface area contributed by atoms with Crippen molar-refractivity contribution in [1.29, 1.82) is 0 Å². The average molecular weight is 277 g/mol. The van der Waals surface area contributed by atoms with Gasteiger partial charge in [0, 0.05) is 25.1 Å². The molecule has 1 aromatic heterocycles. The fourth-order valence-electron chi connectivity index (χ4n) is 3.42. The van der Waals surface area contributed by atoms with Crippen molar-refractivity contribution in [2.45, 2.75) is 37.7 Å². The third-order valence-corrected chi connectivity index (χ3v) is 4.66. The summed E-state index contributed by atoms with van der Waals surface area (Å²) in [5, 5.41) is 10.6. The number of hydrogen-bond acceptors (Lipinski definition) is 4. The highest BCUT2D eigenvalue weighted by molar-refractivity contribution is 5.93. The van der Waals surface area contributed by atoms with Crippen LogP contribution in [0.15, 0.2) is 27.6 Å². The van der Waals surface area contributed by atoms with Gasteiger partial charge in [0.1, 0.15) is 6.26 Å². The van der Waals surface area contributed by atoms with E-state index >= 15 is 0 Å². The summed E-state index contributed by atoms with van der Waals surface area (Å²) in [7, 11) is 0. The fourth-order valence-corrected chi connectivity index (χ4v) is 3.42. The van der Waals surface area contributed by atoms with Gasteiger partial charge in [-0.15, -0.1) is 0 Å². The van der Waals surface area contributed by atoms with E-state index in [2.05, 4.69) is 0 Å². The summed E-state index contributed by atoms with van der Waals surface area (Å²) in [6.07, 6.45) is 5.87. The molecule has 1 saturated carbocycles. The number of fused-ring (bicyclic) bond motifs is 1. The molecular formula is C15H19NO4. The molecule has 1 aliphatic heterocycles. The molecule has 2 aliphatic rings. The molecule has 0 radical (unpaired) electrons. The van der Waals surface area contributed by atoms with Gasteiger partial charge in [-0.3, -0.25) is 4.79 Å². The standard InChI is InChI=1S/C15H19NO4/c17-13-5-4-11(10-20-13)14(18)16-8-7-15(19)6-2-1-3-12(15)9-16/h4-5,10,12,19H,1-3,6-9H2. The summed E-state index contributed by atoms with van der Waals surface area (Å²) in [5.74, 6) is 0.0473. The van der Waals surface area contributed by atoms with Gasteiger partial charge in [0.05, 0.1) is 11.2 Å². The largest absolute Gasteiger partial charge is 0.430 e. The second-order valence-electron chi connectivity index (χ2n) is 5.89. The van der Waals surface area contributed by atoms with Gasteiger partial charge in [-0.25, -0.2) is 4.79 Å². The molecule has 1 amide bonds. The predicted octanol–water partition coefficient (Wildman–Crippen LogP) is 1.41. The third kappa shape index (κ3) is 2.38. The lowest BCUT2D eigenvalue weighted by Crippen LogP contribution is -2.54. The molecule has 1 saturated heterocycles. The number of rotatable bonds is 1. The topological polar surface area (TPSA) is 70.8 Å². The summed E-state index contributed by atoms with van der Waals surface area (Å²) >= 11 is 0. The van der Waals surface area contributed by atoms with E-state index in [9.17, 15) is 14.7 Å². The van der Waals surface area contributed by atoms with E-state index in [-0.39, 0.29) is 11.8 Å². The number of likely N-dealkylation sites (tertiary alicyclic amines) is 1. The van der Waals surface area contributed by atoms with Crippen LogP contribution in [-0.2, 0) is 0 Å². The quantitative estimate of drug-likeness (QED) is 0.842. The van der Waals surface area contributed by atoms with Crippen molar-refractivity contribution in [1.82, 2.24) is 4.90 Å². The first-order valence-corrected chi connectivity index (χ1v) is 7.19. The highest BCUT2D eigenvalue weighted by Gasteiger charge is 2.43. The van der Waals surface area contributed by atoms with Gasteiger partial charge in [-0.2, -0.15) is 0 Å². The molecule has 2 atom stereocenters. The van der Waals surface area contributed by atoms with Gasteiger partial charge in [0.2, 0.25) is 0 Å². The first-order valence-electron chi connectivity index (χ1n) is 7.19. The normalized spacial score (nSPS) is 29.9. The number of amides is 1. The maximum Gasteiger partial charge on any atom is 0.335 e.